The number of benzene rings is 1. The standard InChI is InChI=1S/C23H27N5O3.Na.H/c1-4-27(2)18-10-7-11-24-22(18)28-13-15(14-29)25-12-19(28)21-20(23(30)31-3)16-8-5-6-9-17(16)26-21;;/h5-11,14-15,19,25-26H,4,12-13H2,1-3H3;;. The van der Waals surface area contributed by atoms with Crippen LogP contribution in [0, 0.1) is 0 Å². The molecule has 3 aromatic rings. The van der Waals surface area contributed by atoms with Gasteiger partial charge in [-0.3, -0.25) is 0 Å². The number of rotatable bonds is 6. The van der Waals surface area contributed by atoms with Crippen LogP contribution in [0.3, 0.4) is 0 Å². The molecule has 4 rings (SSSR count). The van der Waals surface area contributed by atoms with Crippen molar-refractivity contribution in [2.75, 3.05) is 43.6 Å². The fourth-order valence-electron chi connectivity index (χ4n) is 4.17. The van der Waals surface area contributed by atoms with Crippen LogP contribution < -0.4 is 15.1 Å². The van der Waals surface area contributed by atoms with Gasteiger partial charge in [0.05, 0.1) is 36.1 Å². The van der Waals surface area contributed by atoms with Crippen LogP contribution in [-0.4, -0.2) is 91.6 Å². The van der Waals surface area contributed by atoms with E-state index in [2.05, 4.69) is 32.0 Å². The van der Waals surface area contributed by atoms with Crippen molar-refractivity contribution in [1.29, 1.82) is 0 Å². The Bertz CT molecular complexity index is 1100. The Kier molecular flexibility index (Phi) is 7.95. The maximum atomic E-state index is 12.8. The summed E-state index contributed by atoms with van der Waals surface area (Å²) in [4.78, 5) is 36.7. The van der Waals surface area contributed by atoms with Crippen LogP contribution in [0.1, 0.15) is 29.0 Å². The predicted octanol–water partition coefficient (Wildman–Crippen LogP) is 1.88. The van der Waals surface area contributed by atoms with Crippen molar-refractivity contribution in [2.45, 2.75) is 19.0 Å². The average Bonchev–Trinajstić information content (AvgIpc) is 3.22. The summed E-state index contributed by atoms with van der Waals surface area (Å²) in [7, 11) is 3.40. The van der Waals surface area contributed by atoms with Crippen molar-refractivity contribution < 1.29 is 14.3 Å². The van der Waals surface area contributed by atoms with Crippen molar-refractivity contribution >= 4 is 64.2 Å². The number of aromatic nitrogens is 2. The van der Waals surface area contributed by atoms with E-state index in [4.69, 9.17) is 4.74 Å². The van der Waals surface area contributed by atoms with E-state index in [0.717, 1.165) is 40.9 Å². The molecule has 3 heterocycles. The van der Waals surface area contributed by atoms with Crippen molar-refractivity contribution in [1.82, 2.24) is 15.3 Å². The number of piperazine rings is 1. The van der Waals surface area contributed by atoms with Crippen LogP contribution in [0.4, 0.5) is 11.5 Å². The number of para-hydroxylation sites is 1. The number of anilines is 2. The maximum absolute atomic E-state index is 12.8. The van der Waals surface area contributed by atoms with Crippen LogP contribution in [0.2, 0.25) is 0 Å². The minimum absolute atomic E-state index is 0. The van der Waals surface area contributed by atoms with Crippen LogP contribution >= 0.6 is 0 Å². The van der Waals surface area contributed by atoms with E-state index in [1.807, 2.05) is 43.4 Å². The number of esters is 1. The van der Waals surface area contributed by atoms with Gasteiger partial charge in [0.15, 0.2) is 5.82 Å². The summed E-state index contributed by atoms with van der Waals surface area (Å²) in [6.07, 6.45) is 2.67. The topological polar surface area (TPSA) is 90.6 Å². The quantitative estimate of drug-likeness (QED) is 0.340. The Hall–Kier alpha value is -2.39. The van der Waals surface area contributed by atoms with Gasteiger partial charge >= 0.3 is 35.5 Å². The van der Waals surface area contributed by atoms with Crippen molar-refractivity contribution in [3.05, 3.63) is 53.9 Å². The Morgan fingerprint density at radius 3 is 2.81 bits per heavy atom. The molecule has 0 aliphatic carbocycles. The van der Waals surface area contributed by atoms with E-state index >= 15 is 0 Å². The third-order valence-electron chi connectivity index (χ3n) is 5.89. The summed E-state index contributed by atoms with van der Waals surface area (Å²) in [6, 6.07) is 11.0. The molecule has 0 bridgehead atoms. The van der Waals surface area contributed by atoms with E-state index in [0.29, 0.717) is 18.7 Å². The first-order chi connectivity index (χ1) is 15.1. The second-order valence-electron chi connectivity index (χ2n) is 7.63. The molecule has 2 atom stereocenters. The van der Waals surface area contributed by atoms with Gasteiger partial charge in [0.1, 0.15) is 6.29 Å². The van der Waals surface area contributed by atoms with Crippen molar-refractivity contribution in [3.63, 3.8) is 0 Å². The molecule has 1 aliphatic heterocycles. The molecular formula is C23H28N5NaO3. The van der Waals surface area contributed by atoms with Gasteiger partial charge in [-0.15, -0.1) is 0 Å². The van der Waals surface area contributed by atoms with Crippen molar-refractivity contribution in [2.24, 2.45) is 0 Å². The first kappa shape index (κ1) is 24.3. The summed E-state index contributed by atoms with van der Waals surface area (Å²) in [5.74, 6) is 0.386. The summed E-state index contributed by atoms with van der Waals surface area (Å²) < 4.78 is 5.12. The third kappa shape index (κ3) is 4.41. The molecule has 32 heavy (non-hydrogen) atoms. The SMILES string of the molecule is CCN(C)c1cccnc1N1CC(C=O)NCC1c1[nH]c2ccccc2c1C(=O)OC.[NaH]. The molecule has 164 valence electrons. The zero-order valence-electron chi connectivity index (χ0n) is 18.0. The van der Waals surface area contributed by atoms with Gasteiger partial charge in [0, 0.05) is 43.8 Å². The number of methoxy groups -OCH3 is 1. The van der Waals surface area contributed by atoms with E-state index in [-0.39, 0.29) is 41.6 Å². The summed E-state index contributed by atoms with van der Waals surface area (Å²) in [5, 5.41) is 4.10. The monoisotopic (exact) mass is 445 g/mol. The van der Waals surface area contributed by atoms with Crippen LogP contribution in [0.15, 0.2) is 42.6 Å². The molecule has 0 saturated carbocycles. The number of carbonyl (C=O) groups excluding carboxylic acids is 2. The number of carbonyl (C=O) groups is 2. The fraction of sp³-hybridized carbons (Fsp3) is 0.348. The molecule has 2 aromatic heterocycles. The van der Waals surface area contributed by atoms with E-state index in [1.54, 1.807) is 6.20 Å². The van der Waals surface area contributed by atoms with Gasteiger partial charge in [0.25, 0.3) is 0 Å². The number of nitrogens with one attached hydrogen (secondary N) is 2. The number of aldehydes is 1. The predicted molar refractivity (Wildman–Crippen MR) is 128 cm³/mol. The molecular weight excluding hydrogens is 417 g/mol. The molecule has 1 saturated heterocycles. The number of aromatic amines is 1. The second kappa shape index (κ2) is 10.5. The summed E-state index contributed by atoms with van der Waals surface area (Å²) in [6.45, 7) is 3.80. The number of hydrogen-bond acceptors (Lipinski definition) is 7. The molecule has 0 amide bonds. The van der Waals surface area contributed by atoms with Crippen molar-refractivity contribution in [3.8, 4) is 0 Å². The van der Waals surface area contributed by atoms with Gasteiger partial charge in [-0.1, -0.05) is 18.2 Å². The second-order valence-corrected chi connectivity index (χ2v) is 7.63. The molecule has 1 aliphatic rings. The fourth-order valence-corrected chi connectivity index (χ4v) is 4.17. The molecule has 0 spiro atoms. The number of fused-ring (bicyclic) bond motifs is 1. The van der Waals surface area contributed by atoms with Gasteiger partial charge in [-0.25, -0.2) is 9.78 Å². The van der Waals surface area contributed by atoms with Gasteiger partial charge in [0.2, 0.25) is 0 Å². The van der Waals surface area contributed by atoms with Gasteiger partial charge in [-0.2, -0.15) is 0 Å². The number of H-pyrrole nitrogens is 1. The average molecular weight is 445 g/mol. The Morgan fingerprint density at radius 1 is 1.31 bits per heavy atom. The van der Waals surface area contributed by atoms with Crippen LogP contribution in [0.25, 0.3) is 10.9 Å². The Labute approximate surface area is 209 Å². The molecule has 0 radical (unpaired) electrons. The zero-order chi connectivity index (χ0) is 22.0. The van der Waals surface area contributed by atoms with Crippen LogP contribution in [-0.2, 0) is 9.53 Å². The molecule has 1 fully saturated rings. The molecule has 9 heteroatoms. The van der Waals surface area contributed by atoms with E-state index in [9.17, 15) is 9.59 Å². The van der Waals surface area contributed by atoms with Gasteiger partial charge < -0.3 is 29.6 Å². The number of hydrogen-bond donors (Lipinski definition) is 2. The minimum atomic E-state index is -0.392. The molecule has 1 aromatic carbocycles. The molecule has 8 nitrogen and oxygen atoms in total. The Morgan fingerprint density at radius 2 is 2.09 bits per heavy atom. The number of nitrogens with zero attached hydrogens (tertiary/aromatic N) is 3. The van der Waals surface area contributed by atoms with E-state index < -0.39 is 5.97 Å². The molecule has 2 unspecified atom stereocenters. The summed E-state index contributed by atoms with van der Waals surface area (Å²) in [5.41, 5.74) is 3.10. The first-order valence-corrected chi connectivity index (χ1v) is 10.4. The normalized spacial score (nSPS) is 18.2. The number of ether oxygens (including phenoxy) is 1. The van der Waals surface area contributed by atoms with Crippen LogP contribution in [0.5, 0.6) is 0 Å². The summed E-state index contributed by atoms with van der Waals surface area (Å²) >= 11 is 0. The molecule has 2 N–H and O–H groups in total. The zero-order valence-corrected chi connectivity index (χ0v) is 18.0. The number of pyridine rings is 1. The van der Waals surface area contributed by atoms with Gasteiger partial charge in [-0.05, 0) is 25.1 Å². The third-order valence-corrected chi connectivity index (χ3v) is 5.89. The van der Waals surface area contributed by atoms with E-state index in [1.165, 1.54) is 7.11 Å². The first-order valence-electron chi connectivity index (χ1n) is 10.4. The Balaban J connectivity index is 0.00000289.